The van der Waals surface area contributed by atoms with Gasteiger partial charge in [-0.05, 0) is 79.8 Å². The van der Waals surface area contributed by atoms with Crippen molar-refractivity contribution in [1.82, 2.24) is 4.98 Å². The summed E-state index contributed by atoms with van der Waals surface area (Å²) in [6.07, 6.45) is 6.44. The summed E-state index contributed by atoms with van der Waals surface area (Å²) in [4.78, 5) is 22.9. The van der Waals surface area contributed by atoms with Gasteiger partial charge >= 0.3 is 0 Å². The van der Waals surface area contributed by atoms with Crippen LogP contribution in [-0.4, -0.2) is 62.6 Å². The van der Waals surface area contributed by atoms with E-state index in [0.29, 0.717) is 24.4 Å². The third-order valence-electron chi connectivity index (χ3n) is 7.70. The van der Waals surface area contributed by atoms with Crippen molar-refractivity contribution in [3.63, 3.8) is 0 Å². The average molecular weight is 480 g/mol. The number of morpholine rings is 1. The van der Waals surface area contributed by atoms with Gasteiger partial charge in [0, 0.05) is 44.2 Å². The number of ether oxygens (including phenoxy) is 1. The summed E-state index contributed by atoms with van der Waals surface area (Å²) < 4.78 is 7.83. The van der Waals surface area contributed by atoms with Crippen molar-refractivity contribution in [3.8, 4) is 0 Å². The van der Waals surface area contributed by atoms with Gasteiger partial charge in [0.2, 0.25) is 0 Å². The van der Waals surface area contributed by atoms with Crippen LogP contribution in [0.25, 0.3) is 0 Å². The second kappa shape index (κ2) is 9.30. The first-order valence-electron chi connectivity index (χ1n) is 12.6. The van der Waals surface area contributed by atoms with Crippen molar-refractivity contribution < 1.29 is 9.53 Å². The maximum atomic E-state index is 13.5. The first kappa shape index (κ1) is 22.0. The SMILES string of the molecule is O=C(Nc1cccc(N2CCOCC2)n1)c1ccc(N2CCCS2)cc1N1CCC2(CC1)CC2. The highest BCUT2D eigenvalue weighted by Crippen LogP contribution is 2.54. The van der Waals surface area contributed by atoms with E-state index < -0.39 is 0 Å². The zero-order valence-corrected chi connectivity index (χ0v) is 20.5. The summed E-state index contributed by atoms with van der Waals surface area (Å²) in [6, 6.07) is 12.2. The zero-order valence-electron chi connectivity index (χ0n) is 19.7. The Kier molecular flexibility index (Phi) is 6.03. The van der Waals surface area contributed by atoms with Crippen LogP contribution in [0.5, 0.6) is 0 Å². The quantitative estimate of drug-likeness (QED) is 0.638. The standard InChI is InChI=1S/C26H33N5O2S/c32-25(28-23-3-1-4-24(27-23)30-14-16-33-17-15-30)21-6-5-20(31-11-2-18-34-31)19-22(21)29-12-9-26(7-8-26)10-13-29/h1,3-6,19H,2,7-18H2,(H,27,28,32). The molecule has 1 aromatic heterocycles. The van der Waals surface area contributed by atoms with Crippen molar-refractivity contribution in [3.05, 3.63) is 42.0 Å². The average Bonchev–Trinajstić information content (AvgIpc) is 3.40. The molecule has 34 heavy (non-hydrogen) atoms. The zero-order chi connectivity index (χ0) is 23.0. The molecule has 0 unspecified atom stereocenters. The normalized spacial score (nSPS) is 21.7. The van der Waals surface area contributed by atoms with E-state index in [4.69, 9.17) is 9.72 Å². The van der Waals surface area contributed by atoms with Gasteiger partial charge in [-0.3, -0.25) is 4.79 Å². The van der Waals surface area contributed by atoms with Crippen LogP contribution in [0.4, 0.5) is 23.0 Å². The molecule has 6 rings (SSSR count). The lowest BCUT2D eigenvalue weighted by Gasteiger charge is -2.35. The Bertz CT molecular complexity index is 1040. The highest BCUT2D eigenvalue weighted by atomic mass is 32.2. The molecule has 180 valence electrons. The molecule has 3 aliphatic heterocycles. The Morgan fingerprint density at radius 3 is 2.53 bits per heavy atom. The van der Waals surface area contributed by atoms with E-state index in [0.717, 1.165) is 55.5 Å². The second-order valence-corrected chi connectivity index (χ2v) is 11.0. The summed E-state index contributed by atoms with van der Waals surface area (Å²) in [5, 5.41) is 3.08. The van der Waals surface area contributed by atoms with Crippen molar-refractivity contribution in [1.29, 1.82) is 0 Å². The number of nitrogens with zero attached hydrogens (tertiary/aromatic N) is 4. The molecule has 4 fully saturated rings. The number of anilines is 4. The van der Waals surface area contributed by atoms with Crippen LogP contribution in [0.15, 0.2) is 36.4 Å². The maximum absolute atomic E-state index is 13.5. The van der Waals surface area contributed by atoms with Crippen LogP contribution in [0, 0.1) is 5.41 Å². The van der Waals surface area contributed by atoms with Gasteiger partial charge in [0.05, 0.1) is 24.5 Å². The lowest BCUT2D eigenvalue weighted by molar-refractivity contribution is 0.102. The molecule has 0 atom stereocenters. The minimum absolute atomic E-state index is 0.0889. The van der Waals surface area contributed by atoms with E-state index in [-0.39, 0.29) is 5.91 Å². The Morgan fingerprint density at radius 1 is 0.971 bits per heavy atom. The molecule has 4 aliphatic rings. The molecule has 7 nitrogen and oxygen atoms in total. The van der Waals surface area contributed by atoms with Crippen LogP contribution in [0.2, 0.25) is 0 Å². The van der Waals surface area contributed by atoms with Crippen molar-refractivity contribution >= 4 is 40.9 Å². The van der Waals surface area contributed by atoms with Crippen molar-refractivity contribution in [2.75, 3.05) is 71.1 Å². The van der Waals surface area contributed by atoms with Gasteiger partial charge in [-0.25, -0.2) is 4.98 Å². The summed E-state index contributed by atoms with van der Waals surface area (Å²) in [7, 11) is 0. The first-order chi connectivity index (χ1) is 16.7. The van der Waals surface area contributed by atoms with Gasteiger partial charge in [0.15, 0.2) is 0 Å². The van der Waals surface area contributed by atoms with E-state index in [1.165, 1.54) is 37.8 Å². The monoisotopic (exact) mass is 479 g/mol. The summed E-state index contributed by atoms with van der Waals surface area (Å²) in [6.45, 7) is 6.18. The third-order valence-corrected chi connectivity index (χ3v) is 8.88. The fourth-order valence-electron chi connectivity index (χ4n) is 5.32. The van der Waals surface area contributed by atoms with Gasteiger partial charge in [0.25, 0.3) is 5.91 Å². The molecule has 1 aliphatic carbocycles. The molecule has 0 bridgehead atoms. The highest BCUT2D eigenvalue weighted by molar-refractivity contribution is 8.00. The molecule has 0 radical (unpaired) electrons. The van der Waals surface area contributed by atoms with Gasteiger partial charge < -0.3 is 24.2 Å². The van der Waals surface area contributed by atoms with Gasteiger partial charge in [-0.15, -0.1) is 0 Å². The molecule has 1 saturated carbocycles. The fourth-order valence-corrected chi connectivity index (χ4v) is 6.32. The molecule has 1 spiro atoms. The molecule has 1 aromatic carbocycles. The molecule has 1 amide bonds. The molecule has 4 heterocycles. The summed E-state index contributed by atoms with van der Waals surface area (Å²) in [5.41, 5.74) is 3.60. The predicted molar refractivity (Wildman–Crippen MR) is 139 cm³/mol. The highest BCUT2D eigenvalue weighted by Gasteiger charge is 2.44. The second-order valence-electron chi connectivity index (χ2n) is 9.91. The molecular weight excluding hydrogens is 446 g/mol. The molecule has 1 N–H and O–H groups in total. The Labute approximate surface area is 206 Å². The molecule has 3 saturated heterocycles. The number of piperidine rings is 1. The smallest absolute Gasteiger partial charge is 0.258 e. The lowest BCUT2D eigenvalue weighted by Crippen LogP contribution is -2.37. The van der Waals surface area contributed by atoms with Crippen molar-refractivity contribution in [2.24, 2.45) is 5.41 Å². The van der Waals surface area contributed by atoms with Gasteiger partial charge in [-0.1, -0.05) is 6.07 Å². The number of carbonyl (C=O) groups excluding carboxylic acids is 1. The van der Waals surface area contributed by atoms with E-state index in [1.54, 1.807) is 0 Å². The van der Waals surface area contributed by atoms with Gasteiger partial charge in [0.1, 0.15) is 11.6 Å². The topological polar surface area (TPSA) is 60.9 Å². The minimum atomic E-state index is -0.0889. The number of hydrogen-bond acceptors (Lipinski definition) is 7. The predicted octanol–water partition coefficient (Wildman–Crippen LogP) is 4.41. The minimum Gasteiger partial charge on any atom is -0.378 e. The number of nitrogens with one attached hydrogen (secondary N) is 1. The number of carbonyl (C=O) groups is 1. The van der Waals surface area contributed by atoms with Crippen LogP contribution in [-0.2, 0) is 4.74 Å². The first-order valence-corrected chi connectivity index (χ1v) is 13.5. The Hall–Kier alpha value is -2.45. The molecule has 2 aromatic rings. The number of hydrogen-bond donors (Lipinski definition) is 1. The van der Waals surface area contributed by atoms with E-state index >= 15 is 0 Å². The number of benzene rings is 1. The van der Waals surface area contributed by atoms with Crippen LogP contribution < -0.4 is 19.4 Å². The molecular formula is C26H33N5O2S. The van der Waals surface area contributed by atoms with E-state index in [9.17, 15) is 4.79 Å². The van der Waals surface area contributed by atoms with E-state index in [1.807, 2.05) is 36.2 Å². The van der Waals surface area contributed by atoms with Crippen LogP contribution in [0.1, 0.15) is 42.5 Å². The molecule has 8 heteroatoms. The lowest BCUT2D eigenvalue weighted by atomic mass is 9.93. The van der Waals surface area contributed by atoms with E-state index in [2.05, 4.69) is 31.6 Å². The summed E-state index contributed by atoms with van der Waals surface area (Å²) in [5.74, 6) is 2.55. The Balaban J connectivity index is 1.24. The van der Waals surface area contributed by atoms with Gasteiger partial charge in [-0.2, -0.15) is 0 Å². The number of amides is 1. The third kappa shape index (κ3) is 4.58. The fraction of sp³-hybridized carbons (Fsp3) is 0.538. The van der Waals surface area contributed by atoms with Crippen LogP contribution in [0.3, 0.4) is 0 Å². The summed E-state index contributed by atoms with van der Waals surface area (Å²) >= 11 is 1.88. The maximum Gasteiger partial charge on any atom is 0.258 e. The van der Waals surface area contributed by atoms with Crippen LogP contribution >= 0.6 is 11.9 Å². The number of rotatable bonds is 5. The number of pyridine rings is 1. The number of aromatic nitrogens is 1. The van der Waals surface area contributed by atoms with Crippen molar-refractivity contribution in [2.45, 2.75) is 32.1 Å². The Morgan fingerprint density at radius 2 is 1.79 bits per heavy atom. The largest absolute Gasteiger partial charge is 0.378 e.